The van der Waals surface area contributed by atoms with E-state index in [-0.39, 0.29) is 6.54 Å². The highest BCUT2D eigenvalue weighted by molar-refractivity contribution is 5.68. The van der Waals surface area contributed by atoms with E-state index >= 15 is 0 Å². The number of rotatable bonds is 3. The molecule has 0 bridgehead atoms. The molecule has 0 aliphatic carbocycles. The molecule has 1 aromatic carbocycles. The molecule has 2 rings (SSSR count). The molecule has 16 heavy (non-hydrogen) atoms. The van der Waals surface area contributed by atoms with Gasteiger partial charge in [0.15, 0.2) is 0 Å². The summed E-state index contributed by atoms with van der Waals surface area (Å²) in [5, 5.41) is 8.76. The number of aromatic nitrogens is 2. The fourth-order valence-electron chi connectivity index (χ4n) is 1.64. The van der Waals surface area contributed by atoms with Crippen LogP contribution >= 0.6 is 0 Å². The SMILES string of the molecule is Cc1cccc(-c2cncn2CC(=O)O)c1. The second-order valence-corrected chi connectivity index (χ2v) is 3.67. The highest BCUT2D eigenvalue weighted by Crippen LogP contribution is 2.19. The van der Waals surface area contributed by atoms with Crippen molar-refractivity contribution in [2.24, 2.45) is 0 Å². The van der Waals surface area contributed by atoms with E-state index in [0.29, 0.717) is 0 Å². The van der Waals surface area contributed by atoms with Crippen LogP contribution in [0.1, 0.15) is 5.56 Å². The topological polar surface area (TPSA) is 55.1 Å². The maximum atomic E-state index is 10.7. The molecule has 0 aliphatic heterocycles. The van der Waals surface area contributed by atoms with Gasteiger partial charge < -0.3 is 9.67 Å². The largest absolute Gasteiger partial charge is 0.480 e. The Balaban J connectivity index is 2.40. The van der Waals surface area contributed by atoms with Crippen molar-refractivity contribution in [3.63, 3.8) is 0 Å². The average molecular weight is 216 g/mol. The van der Waals surface area contributed by atoms with Crippen molar-refractivity contribution in [1.82, 2.24) is 9.55 Å². The maximum Gasteiger partial charge on any atom is 0.323 e. The highest BCUT2D eigenvalue weighted by atomic mass is 16.4. The van der Waals surface area contributed by atoms with Crippen LogP contribution in [0.4, 0.5) is 0 Å². The Labute approximate surface area is 93.2 Å². The molecule has 0 fully saturated rings. The fraction of sp³-hybridized carbons (Fsp3) is 0.167. The Morgan fingerprint density at radius 3 is 3.00 bits per heavy atom. The van der Waals surface area contributed by atoms with E-state index in [0.717, 1.165) is 16.8 Å². The number of benzene rings is 1. The lowest BCUT2D eigenvalue weighted by atomic mass is 10.1. The number of imidazole rings is 1. The Morgan fingerprint density at radius 2 is 2.31 bits per heavy atom. The first-order valence-electron chi connectivity index (χ1n) is 4.96. The van der Waals surface area contributed by atoms with Crippen molar-refractivity contribution < 1.29 is 9.90 Å². The summed E-state index contributed by atoms with van der Waals surface area (Å²) in [6.45, 7) is 1.94. The van der Waals surface area contributed by atoms with E-state index < -0.39 is 5.97 Å². The van der Waals surface area contributed by atoms with E-state index in [1.165, 1.54) is 6.33 Å². The molecule has 0 amide bonds. The lowest BCUT2D eigenvalue weighted by Crippen LogP contribution is -2.08. The van der Waals surface area contributed by atoms with E-state index in [2.05, 4.69) is 4.98 Å². The Kier molecular flexibility index (Phi) is 2.72. The Morgan fingerprint density at radius 1 is 1.50 bits per heavy atom. The van der Waals surface area contributed by atoms with Crippen molar-refractivity contribution in [2.45, 2.75) is 13.5 Å². The highest BCUT2D eigenvalue weighted by Gasteiger charge is 2.07. The zero-order valence-corrected chi connectivity index (χ0v) is 8.92. The van der Waals surface area contributed by atoms with E-state index in [9.17, 15) is 4.79 Å². The summed E-state index contributed by atoms with van der Waals surface area (Å²) in [4.78, 5) is 14.6. The van der Waals surface area contributed by atoms with Gasteiger partial charge >= 0.3 is 5.97 Å². The molecular formula is C12H12N2O2. The number of hydrogen-bond acceptors (Lipinski definition) is 2. The lowest BCUT2D eigenvalue weighted by molar-refractivity contribution is -0.137. The Bertz CT molecular complexity index is 517. The molecule has 82 valence electrons. The van der Waals surface area contributed by atoms with Crippen molar-refractivity contribution in [3.8, 4) is 11.3 Å². The summed E-state index contributed by atoms with van der Waals surface area (Å²) >= 11 is 0. The van der Waals surface area contributed by atoms with Crippen LogP contribution < -0.4 is 0 Å². The van der Waals surface area contributed by atoms with Gasteiger partial charge in [-0.15, -0.1) is 0 Å². The second kappa shape index (κ2) is 4.18. The van der Waals surface area contributed by atoms with Gasteiger partial charge in [-0.2, -0.15) is 0 Å². The summed E-state index contributed by atoms with van der Waals surface area (Å²) in [5.74, 6) is -0.869. The zero-order chi connectivity index (χ0) is 11.5. The molecule has 0 unspecified atom stereocenters. The molecule has 1 heterocycles. The third-order valence-corrected chi connectivity index (χ3v) is 2.33. The summed E-state index contributed by atoms with van der Waals surface area (Å²) < 4.78 is 1.62. The second-order valence-electron chi connectivity index (χ2n) is 3.67. The van der Waals surface area contributed by atoms with E-state index in [1.54, 1.807) is 10.8 Å². The van der Waals surface area contributed by atoms with Crippen LogP contribution in [0.2, 0.25) is 0 Å². The molecule has 1 N–H and O–H groups in total. The monoisotopic (exact) mass is 216 g/mol. The van der Waals surface area contributed by atoms with Gasteiger partial charge in [0, 0.05) is 5.56 Å². The molecule has 0 radical (unpaired) electrons. The summed E-state index contributed by atoms with van der Waals surface area (Å²) in [5.41, 5.74) is 2.95. The third kappa shape index (κ3) is 2.11. The van der Waals surface area contributed by atoms with Crippen LogP contribution in [0.25, 0.3) is 11.3 Å². The van der Waals surface area contributed by atoms with Gasteiger partial charge in [0.2, 0.25) is 0 Å². The summed E-state index contributed by atoms with van der Waals surface area (Å²) in [6, 6.07) is 7.90. The first-order chi connectivity index (χ1) is 7.66. The van der Waals surface area contributed by atoms with Gasteiger partial charge in [-0.05, 0) is 13.0 Å². The van der Waals surface area contributed by atoms with Crippen LogP contribution in [-0.4, -0.2) is 20.6 Å². The maximum absolute atomic E-state index is 10.7. The molecular weight excluding hydrogens is 204 g/mol. The lowest BCUT2D eigenvalue weighted by Gasteiger charge is -2.05. The van der Waals surface area contributed by atoms with Gasteiger partial charge in [0.1, 0.15) is 6.54 Å². The van der Waals surface area contributed by atoms with Gasteiger partial charge in [0.25, 0.3) is 0 Å². The standard InChI is InChI=1S/C12H12N2O2/c1-9-3-2-4-10(5-9)11-6-13-8-14(11)7-12(15)16/h2-6,8H,7H2,1H3,(H,15,16). The first-order valence-corrected chi connectivity index (χ1v) is 4.96. The summed E-state index contributed by atoms with van der Waals surface area (Å²) in [6.07, 6.45) is 3.21. The minimum Gasteiger partial charge on any atom is -0.480 e. The molecule has 1 aromatic heterocycles. The minimum absolute atomic E-state index is 0.0662. The molecule has 4 nitrogen and oxygen atoms in total. The number of carboxylic acid groups (broad SMARTS) is 1. The van der Waals surface area contributed by atoms with Crippen LogP contribution in [0.15, 0.2) is 36.8 Å². The zero-order valence-electron chi connectivity index (χ0n) is 8.92. The predicted molar refractivity (Wildman–Crippen MR) is 60.0 cm³/mol. The van der Waals surface area contributed by atoms with Gasteiger partial charge in [-0.25, -0.2) is 4.98 Å². The van der Waals surface area contributed by atoms with Crippen molar-refractivity contribution in [2.75, 3.05) is 0 Å². The van der Waals surface area contributed by atoms with Gasteiger partial charge in [-0.3, -0.25) is 4.79 Å². The predicted octanol–water partition coefficient (Wildman–Crippen LogP) is 1.94. The molecule has 2 aromatic rings. The normalized spacial score (nSPS) is 10.3. The third-order valence-electron chi connectivity index (χ3n) is 2.33. The molecule has 0 aliphatic rings. The number of aryl methyl sites for hydroxylation is 1. The van der Waals surface area contributed by atoms with Crippen molar-refractivity contribution >= 4 is 5.97 Å². The Hall–Kier alpha value is -2.10. The molecule has 4 heteroatoms. The first kappa shape index (κ1) is 10.4. The van der Waals surface area contributed by atoms with Gasteiger partial charge in [0.05, 0.1) is 18.2 Å². The molecule has 0 spiro atoms. The fourth-order valence-corrected chi connectivity index (χ4v) is 1.64. The molecule has 0 atom stereocenters. The van der Waals surface area contributed by atoms with Crippen molar-refractivity contribution in [3.05, 3.63) is 42.4 Å². The smallest absolute Gasteiger partial charge is 0.323 e. The summed E-state index contributed by atoms with van der Waals surface area (Å²) in [7, 11) is 0. The van der Waals surface area contributed by atoms with E-state index in [4.69, 9.17) is 5.11 Å². The number of nitrogens with zero attached hydrogens (tertiary/aromatic N) is 2. The van der Waals surface area contributed by atoms with Crippen LogP contribution in [0.5, 0.6) is 0 Å². The number of carbonyl (C=O) groups is 1. The number of carboxylic acids is 1. The number of aliphatic carboxylic acids is 1. The van der Waals surface area contributed by atoms with Crippen LogP contribution in [0, 0.1) is 6.92 Å². The molecule has 0 saturated heterocycles. The van der Waals surface area contributed by atoms with Crippen LogP contribution in [-0.2, 0) is 11.3 Å². The quantitative estimate of drug-likeness (QED) is 0.853. The van der Waals surface area contributed by atoms with Gasteiger partial charge in [-0.1, -0.05) is 23.8 Å². The van der Waals surface area contributed by atoms with Crippen LogP contribution in [0.3, 0.4) is 0 Å². The number of hydrogen-bond donors (Lipinski definition) is 1. The molecule has 0 saturated carbocycles. The minimum atomic E-state index is -0.869. The van der Waals surface area contributed by atoms with Crippen molar-refractivity contribution in [1.29, 1.82) is 0 Å². The van der Waals surface area contributed by atoms with E-state index in [1.807, 2.05) is 31.2 Å². The average Bonchev–Trinajstić information content (AvgIpc) is 2.65.